The lowest BCUT2D eigenvalue weighted by Gasteiger charge is -2.08. The number of ether oxygens (including phenoxy) is 1. The Morgan fingerprint density at radius 1 is 1.06 bits per heavy atom. The van der Waals surface area contributed by atoms with Crippen LogP contribution in [-0.2, 0) is 6.61 Å². The average Bonchev–Trinajstić information content (AvgIpc) is 2.29. The van der Waals surface area contributed by atoms with Crippen LogP contribution in [0.4, 0.5) is 0 Å². The maximum absolute atomic E-state index is 9.64. The summed E-state index contributed by atoms with van der Waals surface area (Å²) in [7, 11) is 0. The minimum atomic E-state index is 0.183. The molecule has 0 unspecified atom stereocenters. The number of hydrogen-bond donors (Lipinski definition) is 1. The first-order valence-corrected chi connectivity index (χ1v) is 5.99. The van der Waals surface area contributed by atoms with Gasteiger partial charge in [-0.15, -0.1) is 0 Å². The summed E-state index contributed by atoms with van der Waals surface area (Å²) in [5.74, 6) is 0.701. The normalized spacial score (nSPS) is 10.1. The van der Waals surface area contributed by atoms with Gasteiger partial charge in [-0.3, -0.25) is 0 Å². The fraction of sp³-hybridized carbons (Fsp3) is 0.0769. The zero-order valence-corrected chi connectivity index (χ0v) is 10.7. The highest BCUT2D eigenvalue weighted by molar-refractivity contribution is 14.1. The first-order chi connectivity index (χ1) is 7.75. The zero-order chi connectivity index (χ0) is 11.4. The minimum absolute atomic E-state index is 0.183. The molecular weight excluding hydrogens is 315 g/mol. The second kappa shape index (κ2) is 5.21. The van der Waals surface area contributed by atoms with Crippen molar-refractivity contribution in [2.75, 3.05) is 0 Å². The van der Waals surface area contributed by atoms with Gasteiger partial charge in [0.1, 0.15) is 6.61 Å². The summed E-state index contributed by atoms with van der Waals surface area (Å²) in [6.07, 6.45) is 0. The molecule has 0 bridgehead atoms. The van der Waals surface area contributed by atoms with Crippen LogP contribution < -0.4 is 4.74 Å². The first kappa shape index (κ1) is 11.3. The van der Waals surface area contributed by atoms with E-state index in [1.807, 2.05) is 36.4 Å². The summed E-state index contributed by atoms with van der Waals surface area (Å²) in [6.45, 7) is 0.467. The molecule has 0 saturated heterocycles. The van der Waals surface area contributed by atoms with Crippen molar-refractivity contribution in [1.82, 2.24) is 0 Å². The number of rotatable bonds is 3. The molecule has 3 heteroatoms. The summed E-state index contributed by atoms with van der Waals surface area (Å²) >= 11 is 2.15. The maximum Gasteiger partial charge on any atom is 0.161 e. The van der Waals surface area contributed by atoms with Gasteiger partial charge in [-0.2, -0.15) is 0 Å². The molecule has 0 aromatic heterocycles. The number of hydrogen-bond acceptors (Lipinski definition) is 2. The summed E-state index contributed by atoms with van der Waals surface area (Å²) in [6, 6.07) is 15.2. The van der Waals surface area contributed by atoms with E-state index in [-0.39, 0.29) is 5.75 Å². The van der Waals surface area contributed by atoms with Crippen LogP contribution in [0.3, 0.4) is 0 Å². The second-order valence-electron chi connectivity index (χ2n) is 3.39. The molecule has 2 rings (SSSR count). The van der Waals surface area contributed by atoms with Crippen LogP contribution >= 0.6 is 22.6 Å². The van der Waals surface area contributed by atoms with Crippen molar-refractivity contribution in [3.05, 3.63) is 57.7 Å². The van der Waals surface area contributed by atoms with Gasteiger partial charge in [0, 0.05) is 3.57 Å². The van der Waals surface area contributed by atoms with Crippen LogP contribution in [0.15, 0.2) is 48.5 Å². The SMILES string of the molecule is Oc1cc(I)ccc1OCc1ccccc1. The van der Waals surface area contributed by atoms with Gasteiger partial charge < -0.3 is 9.84 Å². The highest BCUT2D eigenvalue weighted by Crippen LogP contribution is 2.27. The average molecular weight is 326 g/mol. The van der Waals surface area contributed by atoms with E-state index in [0.29, 0.717) is 12.4 Å². The zero-order valence-electron chi connectivity index (χ0n) is 8.56. The molecule has 0 amide bonds. The number of aromatic hydroxyl groups is 1. The Morgan fingerprint density at radius 3 is 2.50 bits per heavy atom. The van der Waals surface area contributed by atoms with Gasteiger partial charge in [-0.25, -0.2) is 0 Å². The van der Waals surface area contributed by atoms with Crippen molar-refractivity contribution in [2.45, 2.75) is 6.61 Å². The number of phenols is 1. The highest BCUT2D eigenvalue weighted by atomic mass is 127. The van der Waals surface area contributed by atoms with E-state index in [4.69, 9.17) is 4.74 Å². The van der Waals surface area contributed by atoms with Gasteiger partial charge in [0.2, 0.25) is 0 Å². The van der Waals surface area contributed by atoms with Crippen molar-refractivity contribution in [3.63, 3.8) is 0 Å². The topological polar surface area (TPSA) is 29.5 Å². The molecule has 0 fully saturated rings. The Hall–Kier alpha value is -1.23. The highest BCUT2D eigenvalue weighted by Gasteiger charge is 2.02. The van der Waals surface area contributed by atoms with Crippen molar-refractivity contribution in [1.29, 1.82) is 0 Å². The number of benzene rings is 2. The molecule has 0 saturated carbocycles. The molecule has 16 heavy (non-hydrogen) atoms. The van der Waals surface area contributed by atoms with E-state index in [2.05, 4.69) is 22.6 Å². The second-order valence-corrected chi connectivity index (χ2v) is 4.63. The van der Waals surface area contributed by atoms with E-state index in [1.165, 1.54) is 0 Å². The first-order valence-electron chi connectivity index (χ1n) is 4.91. The van der Waals surface area contributed by atoms with Crippen LogP contribution in [0, 0.1) is 3.57 Å². The van der Waals surface area contributed by atoms with Crippen LogP contribution in [0.5, 0.6) is 11.5 Å². The molecule has 0 atom stereocenters. The quantitative estimate of drug-likeness (QED) is 0.874. The van der Waals surface area contributed by atoms with E-state index < -0.39 is 0 Å². The van der Waals surface area contributed by atoms with Gasteiger partial charge in [0.25, 0.3) is 0 Å². The Labute approximate surface area is 108 Å². The Bertz CT molecular complexity index is 469. The molecule has 2 nitrogen and oxygen atoms in total. The van der Waals surface area contributed by atoms with Crippen LogP contribution in [-0.4, -0.2) is 5.11 Å². The van der Waals surface area contributed by atoms with Crippen molar-refractivity contribution >= 4 is 22.6 Å². The third-order valence-corrected chi connectivity index (χ3v) is 2.83. The van der Waals surface area contributed by atoms with E-state index >= 15 is 0 Å². The Morgan fingerprint density at radius 2 is 1.81 bits per heavy atom. The van der Waals surface area contributed by atoms with Crippen LogP contribution in [0.1, 0.15) is 5.56 Å². The lowest BCUT2D eigenvalue weighted by atomic mass is 10.2. The third kappa shape index (κ3) is 2.88. The maximum atomic E-state index is 9.64. The molecule has 0 aliphatic rings. The molecule has 0 radical (unpaired) electrons. The molecule has 82 valence electrons. The van der Waals surface area contributed by atoms with Crippen LogP contribution in [0.25, 0.3) is 0 Å². The van der Waals surface area contributed by atoms with Crippen LogP contribution in [0.2, 0.25) is 0 Å². The van der Waals surface area contributed by atoms with E-state index in [9.17, 15) is 5.11 Å². The van der Waals surface area contributed by atoms with Gasteiger partial charge in [-0.1, -0.05) is 30.3 Å². The molecule has 2 aromatic carbocycles. The Kier molecular flexibility index (Phi) is 3.66. The summed E-state index contributed by atoms with van der Waals surface area (Å²) in [5, 5.41) is 9.64. The van der Waals surface area contributed by atoms with Gasteiger partial charge in [-0.05, 0) is 46.4 Å². The number of halogens is 1. The lowest BCUT2D eigenvalue weighted by molar-refractivity contribution is 0.289. The smallest absolute Gasteiger partial charge is 0.161 e. The minimum Gasteiger partial charge on any atom is -0.504 e. The predicted molar refractivity (Wildman–Crippen MR) is 71.6 cm³/mol. The van der Waals surface area contributed by atoms with Crippen molar-refractivity contribution < 1.29 is 9.84 Å². The van der Waals surface area contributed by atoms with Gasteiger partial charge >= 0.3 is 0 Å². The predicted octanol–water partition coefficient (Wildman–Crippen LogP) is 3.58. The lowest BCUT2D eigenvalue weighted by Crippen LogP contribution is -1.95. The molecular formula is C13H11IO2. The van der Waals surface area contributed by atoms with E-state index in [0.717, 1.165) is 9.13 Å². The van der Waals surface area contributed by atoms with Crippen molar-refractivity contribution in [2.24, 2.45) is 0 Å². The standard InChI is InChI=1S/C13H11IO2/c14-11-6-7-13(12(15)8-11)16-9-10-4-2-1-3-5-10/h1-8,15H,9H2. The van der Waals surface area contributed by atoms with E-state index in [1.54, 1.807) is 12.1 Å². The summed E-state index contributed by atoms with van der Waals surface area (Å²) in [5.41, 5.74) is 1.08. The van der Waals surface area contributed by atoms with Crippen molar-refractivity contribution in [3.8, 4) is 11.5 Å². The van der Waals surface area contributed by atoms with Gasteiger partial charge in [0.15, 0.2) is 11.5 Å². The molecule has 2 aromatic rings. The fourth-order valence-electron chi connectivity index (χ4n) is 1.35. The molecule has 0 heterocycles. The molecule has 1 N–H and O–H groups in total. The molecule has 0 spiro atoms. The Balaban J connectivity index is 2.05. The summed E-state index contributed by atoms with van der Waals surface area (Å²) in [4.78, 5) is 0. The fourth-order valence-corrected chi connectivity index (χ4v) is 1.82. The summed E-state index contributed by atoms with van der Waals surface area (Å²) < 4.78 is 6.51. The monoisotopic (exact) mass is 326 g/mol. The number of phenolic OH excluding ortho intramolecular Hbond substituents is 1. The molecule has 0 aliphatic carbocycles. The largest absolute Gasteiger partial charge is 0.504 e. The third-order valence-electron chi connectivity index (χ3n) is 2.16. The van der Waals surface area contributed by atoms with Gasteiger partial charge in [0.05, 0.1) is 0 Å². The molecule has 0 aliphatic heterocycles.